The molecule has 4 nitrogen and oxygen atoms in total. The first kappa shape index (κ1) is 34.0. The molecule has 4 heteroatoms. The van der Waals surface area contributed by atoms with Gasteiger partial charge in [0.05, 0.1) is 11.2 Å². The van der Waals surface area contributed by atoms with Gasteiger partial charge in [-0.3, -0.25) is 0 Å². The molecular formula is C56H34N4. The van der Waals surface area contributed by atoms with Gasteiger partial charge in [-0.25, -0.2) is 19.9 Å². The lowest BCUT2D eigenvalue weighted by Crippen LogP contribution is -2.01. The maximum absolute atomic E-state index is 5.43. The minimum atomic E-state index is 0.589. The van der Waals surface area contributed by atoms with E-state index in [2.05, 4.69) is 200 Å². The van der Waals surface area contributed by atoms with E-state index < -0.39 is 0 Å². The molecule has 0 aliphatic carbocycles. The lowest BCUT2D eigenvalue weighted by atomic mass is 9.92. The van der Waals surface area contributed by atoms with Gasteiger partial charge in [0.1, 0.15) is 0 Å². The summed E-state index contributed by atoms with van der Waals surface area (Å²) in [5.41, 5.74) is 8.00. The highest BCUT2D eigenvalue weighted by Gasteiger charge is 2.20. The van der Waals surface area contributed by atoms with Crippen molar-refractivity contribution in [3.8, 4) is 56.5 Å². The van der Waals surface area contributed by atoms with E-state index in [1.165, 1.54) is 21.7 Å². The summed E-state index contributed by atoms with van der Waals surface area (Å²) in [6.07, 6.45) is 0. The monoisotopic (exact) mass is 762 g/mol. The van der Waals surface area contributed by atoms with E-state index in [1.807, 2.05) is 6.07 Å². The Balaban J connectivity index is 1.16. The largest absolute Gasteiger partial charge is 0.247 e. The Bertz CT molecular complexity index is 3520. The highest BCUT2D eigenvalue weighted by atomic mass is 15.0. The zero-order valence-corrected chi connectivity index (χ0v) is 32.4. The van der Waals surface area contributed by atoms with Crippen molar-refractivity contribution in [1.82, 2.24) is 19.9 Å². The van der Waals surface area contributed by atoms with E-state index in [4.69, 9.17) is 19.9 Å². The topological polar surface area (TPSA) is 51.6 Å². The van der Waals surface area contributed by atoms with Gasteiger partial charge in [-0.05, 0) is 72.4 Å². The summed E-state index contributed by atoms with van der Waals surface area (Å²) in [5, 5.41) is 12.5. The lowest BCUT2D eigenvalue weighted by molar-refractivity contribution is 1.08. The molecule has 0 aliphatic rings. The van der Waals surface area contributed by atoms with Gasteiger partial charge in [0.2, 0.25) is 0 Å². The third-order valence-corrected chi connectivity index (χ3v) is 11.9. The van der Waals surface area contributed by atoms with Gasteiger partial charge in [-0.1, -0.05) is 188 Å². The Labute approximate surface area is 346 Å². The van der Waals surface area contributed by atoms with Crippen LogP contribution in [0.1, 0.15) is 0 Å². The summed E-state index contributed by atoms with van der Waals surface area (Å²) in [5.74, 6) is 1.83. The molecule has 12 aromatic rings. The van der Waals surface area contributed by atoms with Gasteiger partial charge < -0.3 is 0 Å². The predicted molar refractivity (Wildman–Crippen MR) is 250 cm³/mol. The Morgan fingerprint density at radius 2 is 0.733 bits per heavy atom. The summed E-state index contributed by atoms with van der Waals surface area (Å²) in [7, 11) is 0. The average Bonchev–Trinajstić information content (AvgIpc) is 3.33. The van der Waals surface area contributed by atoms with Gasteiger partial charge in [0.25, 0.3) is 0 Å². The van der Waals surface area contributed by atoms with Crippen LogP contribution in [-0.4, -0.2) is 19.9 Å². The van der Waals surface area contributed by atoms with E-state index in [1.54, 1.807) is 0 Å². The van der Waals surface area contributed by atoms with Crippen LogP contribution in [0, 0.1) is 0 Å². The lowest BCUT2D eigenvalue weighted by Gasteiger charge is -2.16. The first-order valence-corrected chi connectivity index (χ1v) is 20.3. The fourth-order valence-corrected chi connectivity index (χ4v) is 9.09. The normalized spacial score (nSPS) is 11.7. The van der Waals surface area contributed by atoms with E-state index in [9.17, 15) is 0 Å². The summed E-state index contributed by atoms with van der Waals surface area (Å²) < 4.78 is 0. The van der Waals surface area contributed by atoms with Crippen LogP contribution in [0.2, 0.25) is 0 Å². The smallest absolute Gasteiger partial charge is 0.164 e. The van der Waals surface area contributed by atoms with Crippen molar-refractivity contribution in [1.29, 1.82) is 0 Å². The summed E-state index contributed by atoms with van der Waals surface area (Å²) in [6, 6.07) is 72.8. The number of pyridine rings is 1. The van der Waals surface area contributed by atoms with Crippen LogP contribution in [0.3, 0.4) is 0 Å². The number of hydrogen-bond acceptors (Lipinski definition) is 4. The second-order valence-electron chi connectivity index (χ2n) is 15.3. The molecule has 0 N–H and O–H groups in total. The summed E-state index contributed by atoms with van der Waals surface area (Å²) >= 11 is 0. The summed E-state index contributed by atoms with van der Waals surface area (Å²) in [6.45, 7) is 0. The molecule has 0 saturated heterocycles. The second-order valence-corrected chi connectivity index (χ2v) is 15.3. The number of fused-ring (bicyclic) bond motifs is 9. The number of aromatic nitrogens is 4. The Morgan fingerprint density at radius 1 is 0.250 bits per heavy atom. The first-order valence-electron chi connectivity index (χ1n) is 20.3. The van der Waals surface area contributed by atoms with Crippen molar-refractivity contribution in [2.75, 3.05) is 0 Å². The molecule has 12 rings (SSSR count). The van der Waals surface area contributed by atoms with Crippen molar-refractivity contribution in [2.45, 2.75) is 0 Å². The molecule has 60 heavy (non-hydrogen) atoms. The van der Waals surface area contributed by atoms with Crippen molar-refractivity contribution in [2.24, 2.45) is 0 Å². The fourth-order valence-electron chi connectivity index (χ4n) is 9.09. The average molecular weight is 763 g/mol. The molecule has 0 unspecified atom stereocenters. The van der Waals surface area contributed by atoms with Crippen LogP contribution in [0.5, 0.6) is 0 Å². The number of benzene rings is 10. The van der Waals surface area contributed by atoms with Crippen LogP contribution >= 0.6 is 0 Å². The third-order valence-electron chi connectivity index (χ3n) is 11.9. The number of rotatable bonds is 5. The third kappa shape index (κ3) is 5.53. The minimum absolute atomic E-state index is 0.589. The maximum Gasteiger partial charge on any atom is 0.164 e. The van der Waals surface area contributed by atoms with Crippen molar-refractivity contribution in [3.05, 3.63) is 206 Å². The minimum Gasteiger partial charge on any atom is -0.247 e. The van der Waals surface area contributed by atoms with Crippen LogP contribution in [0.15, 0.2) is 206 Å². The van der Waals surface area contributed by atoms with Crippen LogP contribution in [-0.2, 0) is 0 Å². The Morgan fingerprint density at radius 3 is 1.33 bits per heavy atom. The number of nitrogens with zero attached hydrogens (tertiary/aromatic N) is 4. The van der Waals surface area contributed by atoms with Crippen LogP contribution in [0.4, 0.5) is 0 Å². The molecule has 2 aromatic heterocycles. The zero-order valence-electron chi connectivity index (χ0n) is 32.4. The molecule has 10 aromatic carbocycles. The van der Waals surface area contributed by atoms with E-state index in [0.717, 1.165) is 82.1 Å². The highest BCUT2D eigenvalue weighted by molar-refractivity contribution is 6.18. The standard InChI is InChI=1S/C56H34N4/c1-3-16-35(17-4-1)42-28-15-29-48-52(42)47-31-30-39(34-51(47)57-53(48)36-18-5-2-6-19-36)54-58-55(49-32-37-20-7-9-22-40(37)43-24-11-13-26-45(43)49)60-56(59-54)50-33-38-21-8-10-23-41(38)44-25-12-14-27-46(44)50/h1-34H. The van der Waals surface area contributed by atoms with Crippen molar-refractivity contribution >= 4 is 64.8 Å². The highest BCUT2D eigenvalue weighted by Crippen LogP contribution is 2.41. The van der Waals surface area contributed by atoms with Gasteiger partial charge in [0.15, 0.2) is 17.5 Å². The van der Waals surface area contributed by atoms with Crippen LogP contribution < -0.4 is 0 Å². The number of hydrogen-bond donors (Lipinski definition) is 0. The van der Waals surface area contributed by atoms with E-state index >= 15 is 0 Å². The Hall–Kier alpha value is -8.08. The van der Waals surface area contributed by atoms with Crippen molar-refractivity contribution in [3.63, 3.8) is 0 Å². The quantitative estimate of drug-likeness (QED) is 0.164. The van der Waals surface area contributed by atoms with Gasteiger partial charge in [-0.2, -0.15) is 0 Å². The van der Waals surface area contributed by atoms with Gasteiger partial charge >= 0.3 is 0 Å². The van der Waals surface area contributed by atoms with Gasteiger partial charge in [-0.15, -0.1) is 0 Å². The molecule has 0 radical (unpaired) electrons. The molecule has 0 spiro atoms. The molecule has 0 atom stereocenters. The molecule has 0 fully saturated rings. The second kappa shape index (κ2) is 13.8. The van der Waals surface area contributed by atoms with Gasteiger partial charge in [0, 0.05) is 38.4 Å². The molecule has 0 bridgehead atoms. The Kier molecular flexibility index (Phi) is 7.82. The molecular weight excluding hydrogens is 729 g/mol. The maximum atomic E-state index is 5.43. The van der Waals surface area contributed by atoms with Crippen molar-refractivity contribution < 1.29 is 0 Å². The molecule has 0 saturated carbocycles. The molecule has 0 aliphatic heterocycles. The van der Waals surface area contributed by atoms with E-state index in [-0.39, 0.29) is 0 Å². The zero-order chi connectivity index (χ0) is 39.6. The fraction of sp³-hybridized carbons (Fsp3) is 0. The SMILES string of the molecule is c1ccc(-c2nc3cc(-c4nc(-c5cc6ccccc6c6ccccc56)nc(-c5cc6ccccc6c6ccccc56)n4)ccc3c3c(-c4ccccc4)cccc23)cc1. The molecule has 278 valence electrons. The van der Waals surface area contributed by atoms with E-state index in [0.29, 0.717) is 17.5 Å². The van der Waals surface area contributed by atoms with Crippen LogP contribution in [0.25, 0.3) is 121 Å². The first-order chi connectivity index (χ1) is 29.7. The molecule has 0 amide bonds. The summed E-state index contributed by atoms with van der Waals surface area (Å²) in [4.78, 5) is 21.5. The molecule has 2 heterocycles. The predicted octanol–water partition coefficient (Wildman–Crippen LogP) is 14.5.